The number of carbonyl (C=O) groups excluding carboxylic acids is 2. The van der Waals surface area contributed by atoms with Gasteiger partial charge in [0.05, 0.1) is 4.90 Å². The highest BCUT2D eigenvalue weighted by molar-refractivity contribution is 7.98. The maximum Gasteiger partial charge on any atom is 0.323 e. The zero-order chi connectivity index (χ0) is 23.9. The summed E-state index contributed by atoms with van der Waals surface area (Å²) in [6.45, 7) is 2.13. The molecule has 1 atom stereocenters. The zero-order valence-corrected chi connectivity index (χ0v) is 20.2. The minimum Gasteiger partial charge on any atom is -0.480 e. The van der Waals surface area contributed by atoms with Crippen molar-refractivity contribution in [2.24, 2.45) is 5.92 Å². The monoisotopic (exact) mass is 485 g/mol. The zero-order valence-electron chi connectivity index (χ0n) is 18.6. The third-order valence-corrected chi connectivity index (χ3v) is 7.57. The molecule has 11 heteroatoms. The molecule has 9 nitrogen and oxygen atoms in total. The topological polar surface area (TPSA) is 124 Å². The average Bonchev–Trinajstić information content (AvgIpc) is 2.75. The Kier molecular flexibility index (Phi) is 9.53. The summed E-state index contributed by atoms with van der Waals surface area (Å²) in [6.07, 6.45) is 3.06. The predicted octanol–water partition coefficient (Wildman–Crippen LogP) is 1.18. The van der Waals surface area contributed by atoms with Crippen LogP contribution >= 0.6 is 11.8 Å². The minimum atomic E-state index is -3.86. The summed E-state index contributed by atoms with van der Waals surface area (Å²) >= 11 is 1.53. The number of carbonyl (C=O) groups is 3. The fraction of sp³-hybridized carbons (Fsp3) is 0.571. The van der Waals surface area contributed by atoms with Crippen molar-refractivity contribution in [2.75, 3.05) is 38.7 Å². The van der Waals surface area contributed by atoms with Crippen molar-refractivity contribution in [2.45, 2.75) is 37.1 Å². The second kappa shape index (κ2) is 11.7. The summed E-state index contributed by atoms with van der Waals surface area (Å²) in [5.74, 6) is -1.37. The lowest BCUT2D eigenvalue weighted by Crippen LogP contribution is -2.52. The van der Waals surface area contributed by atoms with Crippen molar-refractivity contribution in [3.05, 3.63) is 29.8 Å². The quantitative estimate of drug-likeness (QED) is 0.510. The molecular formula is C21H31N3O6S2. The van der Waals surface area contributed by atoms with Crippen molar-refractivity contribution in [3.8, 4) is 0 Å². The fourth-order valence-corrected chi connectivity index (χ4v) is 5.30. The third kappa shape index (κ3) is 7.21. The first-order valence-corrected chi connectivity index (χ1v) is 13.3. The molecule has 0 saturated carbocycles. The standard InChI is InChI=1S/C21H31N3O6S2/c1-15-4-6-17(7-5-15)32(29,30)22-18(10-13-31-3)21(28)24-11-8-16(9-12-24)20(27)23(2)14-19(25)26/h4-7,16,18,22H,8-14H2,1-3H3,(H,25,26)/t18-/m0/s1. The van der Waals surface area contributed by atoms with Gasteiger partial charge in [0.1, 0.15) is 12.6 Å². The smallest absolute Gasteiger partial charge is 0.323 e. The molecule has 1 aliphatic heterocycles. The van der Waals surface area contributed by atoms with Gasteiger partial charge in [-0.2, -0.15) is 16.5 Å². The molecule has 1 saturated heterocycles. The van der Waals surface area contributed by atoms with E-state index >= 15 is 0 Å². The highest BCUT2D eigenvalue weighted by Gasteiger charge is 2.34. The number of likely N-dealkylation sites (N-methyl/N-ethyl adjacent to an activating group) is 1. The van der Waals surface area contributed by atoms with E-state index < -0.39 is 22.0 Å². The number of carboxylic acid groups (broad SMARTS) is 1. The molecular weight excluding hydrogens is 454 g/mol. The van der Waals surface area contributed by atoms with E-state index in [1.54, 1.807) is 17.0 Å². The number of hydrogen-bond acceptors (Lipinski definition) is 6. The lowest BCUT2D eigenvalue weighted by molar-refractivity contribution is -0.146. The highest BCUT2D eigenvalue weighted by atomic mass is 32.2. The Balaban J connectivity index is 2.04. The summed E-state index contributed by atoms with van der Waals surface area (Å²) in [5.41, 5.74) is 0.936. The Bertz CT molecular complexity index is 912. The Labute approximate surface area is 193 Å². The van der Waals surface area contributed by atoms with Crippen molar-refractivity contribution in [3.63, 3.8) is 0 Å². The number of rotatable bonds is 10. The number of likely N-dealkylation sites (tertiary alicyclic amines) is 1. The minimum absolute atomic E-state index is 0.107. The summed E-state index contributed by atoms with van der Waals surface area (Å²) in [4.78, 5) is 39.3. The van der Waals surface area contributed by atoms with Crippen LogP contribution in [0.15, 0.2) is 29.2 Å². The molecule has 0 aromatic heterocycles. The summed E-state index contributed by atoms with van der Waals surface area (Å²) in [7, 11) is -2.41. The lowest BCUT2D eigenvalue weighted by atomic mass is 9.95. The van der Waals surface area contributed by atoms with Crippen LogP contribution < -0.4 is 4.72 Å². The van der Waals surface area contributed by atoms with Crippen molar-refractivity contribution < 1.29 is 27.9 Å². The number of amides is 2. The number of aliphatic carboxylic acids is 1. The van der Waals surface area contributed by atoms with Crippen molar-refractivity contribution in [1.29, 1.82) is 0 Å². The molecule has 1 aromatic rings. The maximum absolute atomic E-state index is 13.1. The van der Waals surface area contributed by atoms with E-state index in [1.165, 1.54) is 35.8 Å². The van der Waals surface area contributed by atoms with Gasteiger partial charge in [-0.05, 0) is 50.3 Å². The van der Waals surface area contributed by atoms with Gasteiger partial charge in [0, 0.05) is 26.1 Å². The Morgan fingerprint density at radius 2 is 1.81 bits per heavy atom. The molecule has 0 spiro atoms. The number of nitrogens with zero attached hydrogens (tertiary/aromatic N) is 2. The second-order valence-electron chi connectivity index (χ2n) is 7.96. The van der Waals surface area contributed by atoms with E-state index in [-0.39, 0.29) is 29.2 Å². The molecule has 0 unspecified atom stereocenters. The molecule has 2 rings (SSSR count). The molecule has 178 valence electrons. The van der Waals surface area contributed by atoms with E-state index in [2.05, 4.69) is 4.72 Å². The number of carboxylic acids is 1. The first kappa shape index (κ1) is 26.1. The van der Waals surface area contributed by atoms with Gasteiger partial charge in [-0.3, -0.25) is 14.4 Å². The first-order valence-electron chi connectivity index (χ1n) is 10.4. The lowest BCUT2D eigenvalue weighted by Gasteiger charge is -2.35. The van der Waals surface area contributed by atoms with Gasteiger partial charge in [0.25, 0.3) is 0 Å². The van der Waals surface area contributed by atoms with E-state index in [9.17, 15) is 22.8 Å². The molecule has 32 heavy (non-hydrogen) atoms. The SMILES string of the molecule is CSCC[C@H](NS(=O)(=O)c1ccc(C)cc1)C(=O)N1CCC(C(=O)N(C)CC(=O)O)CC1. The van der Waals surface area contributed by atoms with Crippen LogP contribution in [0, 0.1) is 12.8 Å². The number of sulfonamides is 1. The molecule has 0 radical (unpaired) electrons. The van der Waals surface area contributed by atoms with Gasteiger partial charge in [-0.25, -0.2) is 8.42 Å². The van der Waals surface area contributed by atoms with Gasteiger partial charge in [-0.1, -0.05) is 17.7 Å². The average molecular weight is 486 g/mol. The maximum atomic E-state index is 13.1. The molecule has 2 amide bonds. The summed E-state index contributed by atoms with van der Waals surface area (Å²) < 4.78 is 28.2. The van der Waals surface area contributed by atoms with Crippen LogP contribution in [0.2, 0.25) is 0 Å². The van der Waals surface area contributed by atoms with Gasteiger partial charge < -0.3 is 14.9 Å². The van der Waals surface area contributed by atoms with Gasteiger partial charge in [0.2, 0.25) is 21.8 Å². The van der Waals surface area contributed by atoms with Crippen LogP contribution in [0.5, 0.6) is 0 Å². The van der Waals surface area contributed by atoms with Crippen LogP contribution in [0.3, 0.4) is 0 Å². The molecule has 1 aliphatic rings. The second-order valence-corrected chi connectivity index (χ2v) is 10.7. The first-order chi connectivity index (χ1) is 15.0. The largest absolute Gasteiger partial charge is 0.480 e. The van der Waals surface area contributed by atoms with E-state index in [0.29, 0.717) is 38.1 Å². The number of piperidine rings is 1. The normalized spacial score (nSPS) is 15.9. The van der Waals surface area contributed by atoms with Crippen LogP contribution in [0.25, 0.3) is 0 Å². The van der Waals surface area contributed by atoms with E-state index in [4.69, 9.17) is 5.11 Å². The molecule has 1 aromatic carbocycles. The van der Waals surface area contributed by atoms with Gasteiger partial charge in [0.15, 0.2) is 0 Å². The third-order valence-electron chi connectivity index (χ3n) is 5.44. The van der Waals surface area contributed by atoms with Crippen LogP contribution in [0.4, 0.5) is 0 Å². The molecule has 1 heterocycles. The summed E-state index contributed by atoms with van der Waals surface area (Å²) in [5, 5.41) is 8.86. The fourth-order valence-electron chi connectivity index (χ4n) is 3.60. The number of thioether (sulfide) groups is 1. The van der Waals surface area contributed by atoms with Gasteiger partial charge in [-0.15, -0.1) is 0 Å². The van der Waals surface area contributed by atoms with Crippen LogP contribution in [0.1, 0.15) is 24.8 Å². The number of benzene rings is 1. The number of hydrogen-bond donors (Lipinski definition) is 2. The molecule has 0 bridgehead atoms. The van der Waals surface area contributed by atoms with Crippen molar-refractivity contribution in [1.82, 2.24) is 14.5 Å². The predicted molar refractivity (Wildman–Crippen MR) is 123 cm³/mol. The Morgan fingerprint density at radius 1 is 1.22 bits per heavy atom. The highest BCUT2D eigenvalue weighted by Crippen LogP contribution is 2.21. The van der Waals surface area contributed by atoms with Crippen LogP contribution in [-0.2, 0) is 24.4 Å². The number of aryl methyl sites for hydroxylation is 1. The summed E-state index contributed by atoms with van der Waals surface area (Å²) in [6, 6.07) is 5.54. The Morgan fingerprint density at radius 3 is 2.34 bits per heavy atom. The van der Waals surface area contributed by atoms with E-state index in [1.807, 2.05) is 13.2 Å². The molecule has 0 aliphatic carbocycles. The van der Waals surface area contributed by atoms with Gasteiger partial charge >= 0.3 is 5.97 Å². The van der Waals surface area contributed by atoms with E-state index in [0.717, 1.165) is 5.56 Å². The molecule has 2 N–H and O–H groups in total. The number of nitrogens with one attached hydrogen (secondary N) is 1. The molecule has 1 fully saturated rings. The van der Waals surface area contributed by atoms with Crippen molar-refractivity contribution >= 4 is 39.6 Å². The van der Waals surface area contributed by atoms with Crippen LogP contribution in [-0.4, -0.2) is 85.8 Å². The Hall–Kier alpha value is -2.11.